The average Bonchev–Trinajstić information content (AvgIpc) is 2.60. The van der Waals surface area contributed by atoms with Crippen LogP contribution in [-0.4, -0.2) is 23.9 Å². The van der Waals surface area contributed by atoms with E-state index < -0.39 is 4.92 Å². The number of nitrogens with zero attached hydrogens (tertiary/aromatic N) is 1. The van der Waals surface area contributed by atoms with Gasteiger partial charge < -0.3 is 9.47 Å². The maximum Gasteiger partial charge on any atom is 0.270 e. The van der Waals surface area contributed by atoms with Crippen molar-refractivity contribution in [1.29, 1.82) is 0 Å². The number of hydrogen-bond acceptors (Lipinski definition) is 5. The zero-order valence-electron chi connectivity index (χ0n) is 12.4. The van der Waals surface area contributed by atoms with Gasteiger partial charge in [-0.2, -0.15) is 0 Å². The molecule has 24 heavy (non-hydrogen) atoms. The van der Waals surface area contributed by atoms with Gasteiger partial charge in [0.05, 0.1) is 4.92 Å². The van der Waals surface area contributed by atoms with Crippen molar-refractivity contribution >= 4 is 29.1 Å². The van der Waals surface area contributed by atoms with Gasteiger partial charge in [-0.05, 0) is 42.0 Å². The summed E-state index contributed by atoms with van der Waals surface area (Å²) in [4.78, 5) is 22.6. The van der Waals surface area contributed by atoms with E-state index in [0.717, 1.165) is 0 Å². The smallest absolute Gasteiger partial charge is 0.270 e. The highest BCUT2D eigenvalue weighted by atomic mass is 35.5. The van der Waals surface area contributed by atoms with Crippen LogP contribution in [0.25, 0.3) is 6.08 Å². The van der Waals surface area contributed by atoms with Gasteiger partial charge in [-0.3, -0.25) is 14.9 Å². The number of carbonyl (C=O) groups is 1. The SMILES string of the molecule is O=C(/C=C/c1cc([N+](=O)[O-])ccc1Cl)c1ccc2c(c1)OCCO2. The first kappa shape index (κ1) is 16.0. The van der Waals surface area contributed by atoms with E-state index in [1.54, 1.807) is 18.2 Å². The number of halogens is 1. The minimum atomic E-state index is -0.518. The van der Waals surface area contributed by atoms with Crippen LogP contribution in [0.5, 0.6) is 11.5 Å². The van der Waals surface area contributed by atoms with Crippen molar-refractivity contribution in [2.45, 2.75) is 0 Å². The van der Waals surface area contributed by atoms with E-state index in [-0.39, 0.29) is 11.5 Å². The molecule has 0 aliphatic carbocycles. The van der Waals surface area contributed by atoms with Gasteiger partial charge in [-0.1, -0.05) is 11.6 Å². The number of ketones is 1. The molecule has 7 heteroatoms. The first-order valence-corrected chi connectivity index (χ1v) is 7.48. The third-order valence-corrected chi connectivity index (χ3v) is 3.78. The van der Waals surface area contributed by atoms with E-state index in [9.17, 15) is 14.9 Å². The lowest BCUT2D eigenvalue weighted by molar-refractivity contribution is -0.384. The van der Waals surface area contributed by atoms with Crippen molar-refractivity contribution in [3.8, 4) is 11.5 Å². The highest BCUT2D eigenvalue weighted by molar-refractivity contribution is 6.32. The number of fused-ring (bicyclic) bond motifs is 1. The van der Waals surface area contributed by atoms with Gasteiger partial charge in [0.25, 0.3) is 5.69 Å². The molecule has 0 N–H and O–H groups in total. The molecule has 3 rings (SSSR count). The van der Waals surface area contributed by atoms with Gasteiger partial charge in [0.15, 0.2) is 17.3 Å². The molecule has 1 aliphatic heterocycles. The van der Waals surface area contributed by atoms with Gasteiger partial charge >= 0.3 is 0 Å². The summed E-state index contributed by atoms with van der Waals surface area (Å²) in [6.07, 6.45) is 2.77. The minimum absolute atomic E-state index is 0.0918. The van der Waals surface area contributed by atoms with Gasteiger partial charge in [0, 0.05) is 22.7 Å². The lowest BCUT2D eigenvalue weighted by Gasteiger charge is -2.18. The second-order valence-electron chi connectivity index (χ2n) is 5.02. The summed E-state index contributed by atoms with van der Waals surface area (Å²) in [6, 6.07) is 8.97. The van der Waals surface area contributed by atoms with Crippen LogP contribution in [0, 0.1) is 10.1 Å². The summed E-state index contributed by atoms with van der Waals surface area (Å²) in [6.45, 7) is 0.912. The molecular formula is C17H12ClNO5. The second kappa shape index (κ2) is 6.72. The molecule has 2 aromatic rings. The number of rotatable bonds is 4. The molecule has 6 nitrogen and oxygen atoms in total. The Morgan fingerprint density at radius 2 is 1.88 bits per heavy atom. The zero-order chi connectivity index (χ0) is 17.1. The maximum absolute atomic E-state index is 12.3. The van der Waals surface area contributed by atoms with Crippen molar-refractivity contribution in [3.63, 3.8) is 0 Å². The van der Waals surface area contributed by atoms with Crippen molar-refractivity contribution in [2.75, 3.05) is 13.2 Å². The summed E-state index contributed by atoms with van der Waals surface area (Å²) >= 11 is 6.00. The first-order valence-electron chi connectivity index (χ1n) is 7.10. The summed E-state index contributed by atoms with van der Waals surface area (Å²) in [5.74, 6) is 0.854. The number of non-ortho nitro benzene ring substituents is 1. The normalized spacial score (nSPS) is 13.0. The Bertz CT molecular complexity index is 847. The van der Waals surface area contributed by atoms with Crippen LogP contribution >= 0.6 is 11.6 Å². The molecule has 0 saturated heterocycles. The molecule has 2 aromatic carbocycles. The summed E-state index contributed by atoms with van der Waals surface area (Å²) in [5, 5.41) is 11.1. The van der Waals surface area contributed by atoms with Gasteiger partial charge in [-0.15, -0.1) is 0 Å². The fourth-order valence-corrected chi connectivity index (χ4v) is 2.41. The van der Waals surface area contributed by atoms with Gasteiger partial charge in [-0.25, -0.2) is 0 Å². The molecule has 1 heterocycles. The Morgan fingerprint density at radius 3 is 2.62 bits per heavy atom. The van der Waals surface area contributed by atoms with Crippen LogP contribution in [0.4, 0.5) is 5.69 Å². The van der Waals surface area contributed by atoms with Crippen LogP contribution in [-0.2, 0) is 0 Å². The minimum Gasteiger partial charge on any atom is -0.486 e. The molecule has 122 valence electrons. The Morgan fingerprint density at radius 1 is 1.12 bits per heavy atom. The highest BCUT2D eigenvalue weighted by Crippen LogP contribution is 2.31. The van der Waals surface area contributed by atoms with E-state index in [0.29, 0.717) is 40.9 Å². The number of ether oxygens (including phenoxy) is 2. The summed E-state index contributed by atoms with van der Waals surface area (Å²) in [5.41, 5.74) is 0.736. The number of nitro benzene ring substituents is 1. The van der Waals surface area contributed by atoms with Crippen LogP contribution in [0.15, 0.2) is 42.5 Å². The van der Waals surface area contributed by atoms with E-state index in [1.807, 2.05) is 0 Å². The van der Waals surface area contributed by atoms with Crippen LogP contribution < -0.4 is 9.47 Å². The molecule has 1 aliphatic rings. The molecule has 0 radical (unpaired) electrons. The molecule has 0 aromatic heterocycles. The van der Waals surface area contributed by atoms with Crippen LogP contribution in [0.2, 0.25) is 5.02 Å². The fraction of sp³-hybridized carbons (Fsp3) is 0.118. The number of hydrogen-bond donors (Lipinski definition) is 0. The van der Waals surface area contributed by atoms with E-state index >= 15 is 0 Å². The van der Waals surface area contributed by atoms with Crippen LogP contribution in [0.1, 0.15) is 15.9 Å². The zero-order valence-corrected chi connectivity index (χ0v) is 13.2. The Hall–Kier alpha value is -2.86. The topological polar surface area (TPSA) is 78.7 Å². The van der Waals surface area contributed by atoms with Crippen molar-refractivity contribution in [1.82, 2.24) is 0 Å². The number of nitro groups is 1. The van der Waals surface area contributed by atoms with Crippen molar-refractivity contribution in [3.05, 3.63) is 68.7 Å². The van der Waals surface area contributed by atoms with Crippen molar-refractivity contribution in [2.24, 2.45) is 0 Å². The summed E-state index contributed by atoms with van der Waals surface area (Å²) < 4.78 is 10.8. The number of benzene rings is 2. The molecule has 0 bridgehead atoms. The third-order valence-electron chi connectivity index (χ3n) is 3.43. The summed E-state index contributed by atoms with van der Waals surface area (Å²) in [7, 11) is 0. The molecular weight excluding hydrogens is 334 g/mol. The Labute approximate surface area is 142 Å². The van der Waals surface area contributed by atoms with E-state index in [1.165, 1.54) is 30.4 Å². The standard InChI is InChI=1S/C17H12ClNO5/c18-14-4-3-13(19(21)22)9-11(14)1-5-15(20)12-2-6-16-17(10-12)24-8-7-23-16/h1-6,9-10H,7-8H2/b5-1+. The maximum atomic E-state index is 12.3. The first-order chi connectivity index (χ1) is 11.5. The van der Waals surface area contributed by atoms with Crippen LogP contribution in [0.3, 0.4) is 0 Å². The average molecular weight is 346 g/mol. The van der Waals surface area contributed by atoms with Crippen molar-refractivity contribution < 1.29 is 19.2 Å². The molecule has 0 saturated carbocycles. The second-order valence-corrected chi connectivity index (χ2v) is 5.43. The largest absolute Gasteiger partial charge is 0.486 e. The molecule has 0 fully saturated rings. The quantitative estimate of drug-likeness (QED) is 0.363. The number of carbonyl (C=O) groups excluding carboxylic acids is 1. The molecule has 0 unspecified atom stereocenters. The highest BCUT2D eigenvalue weighted by Gasteiger charge is 2.14. The van der Waals surface area contributed by atoms with E-state index in [2.05, 4.69) is 0 Å². The predicted molar refractivity (Wildman–Crippen MR) is 88.9 cm³/mol. The Kier molecular flexibility index (Phi) is 4.48. The molecule has 0 atom stereocenters. The van der Waals surface area contributed by atoms with Gasteiger partial charge in [0.1, 0.15) is 13.2 Å². The monoisotopic (exact) mass is 345 g/mol. The fourth-order valence-electron chi connectivity index (χ4n) is 2.23. The Balaban J connectivity index is 1.83. The van der Waals surface area contributed by atoms with Gasteiger partial charge in [0.2, 0.25) is 0 Å². The predicted octanol–water partition coefficient (Wildman–Crippen LogP) is 3.92. The molecule has 0 amide bonds. The lowest BCUT2D eigenvalue weighted by atomic mass is 10.1. The lowest BCUT2D eigenvalue weighted by Crippen LogP contribution is -2.15. The van der Waals surface area contributed by atoms with E-state index in [4.69, 9.17) is 21.1 Å². The number of allylic oxidation sites excluding steroid dienone is 1. The molecule has 0 spiro atoms. The third kappa shape index (κ3) is 3.38.